The van der Waals surface area contributed by atoms with Crippen LogP contribution < -0.4 is 0 Å². The largest absolute Gasteiger partial charge is 0.297 e. The monoisotopic (exact) mass is 260 g/mol. The molecule has 0 amide bonds. The maximum atomic E-state index is 12.8. The maximum Gasteiger partial charge on any atom is 0.158 e. The predicted octanol–water partition coefficient (Wildman–Crippen LogP) is 3.39. The van der Waals surface area contributed by atoms with Gasteiger partial charge in [-0.25, -0.2) is 0 Å². The van der Waals surface area contributed by atoms with E-state index in [9.17, 15) is 10.0 Å². The van der Waals surface area contributed by atoms with Gasteiger partial charge in [0, 0.05) is 6.42 Å². The SMILES string of the molecule is C=CCC1(CC=C)CC(=O)C(CC=C)(CC=C)N1[O]. The van der Waals surface area contributed by atoms with Gasteiger partial charge in [0.05, 0.1) is 5.54 Å². The Bertz CT molecular complexity index is 378. The highest BCUT2D eigenvalue weighted by Gasteiger charge is 2.59. The number of hydroxylamine groups is 2. The lowest BCUT2D eigenvalue weighted by Crippen LogP contribution is -2.52. The second kappa shape index (κ2) is 6.13. The molecule has 0 atom stereocenters. The molecule has 0 aliphatic carbocycles. The molecule has 1 fully saturated rings. The first-order valence-corrected chi connectivity index (χ1v) is 6.47. The second-order valence-electron chi connectivity index (χ2n) is 5.12. The molecule has 0 aromatic heterocycles. The molecule has 19 heavy (non-hydrogen) atoms. The number of Topliss-reactive ketones (excluding diaryl/α,β-unsaturated/α-hetero) is 1. The molecule has 0 aromatic carbocycles. The minimum absolute atomic E-state index is 0.0361. The standard InChI is InChI=1S/C16H22NO2/c1-5-9-15(10-6-2)13-14(18)16(11-7-3,12-8-4)17(15)19/h5-8H,1-4,9-13H2. The first-order chi connectivity index (χ1) is 9.03. The van der Waals surface area contributed by atoms with E-state index in [1.165, 1.54) is 0 Å². The molecule has 1 radical (unpaired) electrons. The fraction of sp³-hybridized carbons (Fsp3) is 0.438. The molecule has 0 aromatic rings. The third-order valence-corrected chi connectivity index (χ3v) is 3.84. The molecule has 3 heteroatoms. The molecule has 1 rings (SSSR count). The normalized spacial score (nSPS) is 21.0. The van der Waals surface area contributed by atoms with Gasteiger partial charge in [0.1, 0.15) is 5.54 Å². The minimum atomic E-state index is -1.05. The highest BCUT2D eigenvalue weighted by molar-refractivity contribution is 5.92. The molecule has 0 saturated carbocycles. The fourth-order valence-electron chi connectivity index (χ4n) is 2.99. The van der Waals surface area contributed by atoms with Crippen LogP contribution in [0.5, 0.6) is 0 Å². The van der Waals surface area contributed by atoms with E-state index in [4.69, 9.17) is 0 Å². The van der Waals surface area contributed by atoms with Crippen LogP contribution in [-0.4, -0.2) is 21.9 Å². The highest BCUT2D eigenvalue weighted by Crippen LogP contribution is 2.45. The third-order valence-electron chi connectivity index (χ3n) is 3.84. The zero-order valence-corrected chi connectivity index (χ0v) is 11.4. The van der Waals surface area contributed by atoms with Crippen molar-refractivity contribution in [3.05, 3.63) is 50.6 Å². The van der Waals surface area contributed by atoms with Crippen LogP contribution in [0.1, 0.15) is 32.1 Å². The number of hydrogen-bond donors (Lipinski definition) is 0. The molecular weight excluding hydrogens is 238 g/mol. The van der Waals surface area contributed by atoms with Gasteiger partial charge in [0.15, 0.2) is 5.78 Å². The van der Waals surface area contributed by atoms with Crippen molar-refractivity contribution < 1.29 is 10.0 Å². The topological polar surface area (TPSA) is 40.2 Å². The van der Waals surface area contributed by atoms with Gasteiger partial charge < -0.3 is 0 Å². The third kappa shape index (κ3) is 2.48. The number of carbonyl (C=O) groups excluding carboxylic acids is 1. The van der Waals surface area contributed by atoms with Gasteiger partial charge in [-0.15, -0.1) is 36.6 Å². The Kier molecular flexibility index (Phi) is 5.04. The summed E-state index contributed by atoms with van der Waals surface area (Å²) in [5.41, 5.74) is -1.79. The van der Waals surface area contributed by atoms with Crippen molar-refractivity contribution >= 4 is 5.78 Å². The number of hydrogen-bond acceptors (Lipinski definition) is 2. The zero-order valence-electron chi connectivity index (χ0n) is 11.4. The Morgan fingerprint density at radius 2 is 1.37 bits per heavy atom. The quantitative estimate of drug-likeness (QED) is 0.628. The fourth-order valence-corrected chi connectivity index (χ4v) is 2.99. The first kappa shape index (κ1) is 15.6. The molecule has 1 heterocycles. The lowest BCUT2D eigenvalue weighted by Gasteiger charge is -2.38. The number of rotatable bonds is 8. The van der Waals surface area contributed by atoms with Gasteiger partial charge >= 0.3 is 0 Å². The van der Waals surface area contributed by atoms with Crippen LogP contribution in [0.2, 0.25) is 0 Å². The Morgan fingerprint density at radius 1 is 0.947 bits per heavy atom. The molecule has 0 bridgehead atoms. The van der Waals surface area contributed by atoms with Crippen LogP contribution >= 0.6 is 0 Å². The van der Waals surface area contributed by atoms with Crippen LogP contribution in [-0.2, 0) is 10.0 Å². The van der Waals surface area contributed by atoms with Crippen LogP contribution in [0.15, 0.2) is 50.6 Å². The van der Waals surface area contributed by atoms with Gasteiger partial charge in [-0.3, -0.25) is 4.79 Å². The Balaban J connectivity index is 3.24. The van der Waals surface area contributed by atoms with Crippen molar-refractivity contribution in [2.45, 2.75) is 43.2 Å². The van der Waals surface area contributed by atoms with Crippen molar-refractivity contribution in [1.82, 2.24) is 5.06 Å². The molecule has 103 valence electrons. The smallest absolute Gasteiger partial charge is 0.158 e. The second-order valence-corrected chi connectivity index (χ2v) is 5.12. The van der Waals surface area contributed by atoms with Crippen molar-refractivity contribution in [1.29, 1.82) is 0 Å². The van der Waals surface area contributed by atoms with Gasteiger partial charge in [-0.05, 0) is 25.7 Å². The van der Waals surface area contributed by atoms with Crippen LogP contribution in [0, 0.1) is 0 Å². The van der Waals surface area contributed by atoms with Crippen molar-refractivity contribution in [2.24, 2.45) is 0 Å². The number of carbonyl (C=O) groups is 1. The summed E-state index contributed by atoms with van der Waals surface area (Å²) in [5.74, 6) is -0.0361. The average Bonchev–Trinajstić information content (AvgIpc) is 2.54. The van der Waals surface area contributed by atoms with Crippen molar-refractivity contribution in [2.75, 3.05) is 0 Å². The Hall–Kier alpha value is -1.45. The lowest BCUT2D eigenvalue weighted by atomic mass is 9.87. The summed E-state index contributed by atoms with van der Waals surface area (Å²) in [7, 11) is 0. The Morgan fingerprint density at radius 3 is 1.74 bits per heavy atom. The van der Waals surface area contributed by atoms with Crippen molar-refractivity contribution in [3.8, 4) is 0 Å². The summed E-state index contributed by atoms with van der Waals surface area (Å²) >= 11 is 0. The summed E-state index contributed by atoms with van der Waals surface area (Å²) in [4.78, 5) is 12.4. The van der Waals surface area contributed by atoms with Crippen LogP contribution in [0.4, 0.5) is 0 Å². The van der Waals surface area contributed by atoms with Crippen LogP contribution in [0.25, 0.3) is 0 Å². The molecular formula is C16H22NO2. The number of ketones is 1. The van der Waals surface area contributed by atoms with Gasteiger partial charge in [0.25, 0.3) is 0 Å². The molecule has 0 spiro atoms. The molecule has 0 unspecified atom stereocenters. The van der Waals surface area contributed by atoms with E-state index in [1.807, 2.05) is 0 Å². The van der Waals surface area contributed by atoms with E-state index in [0.717, 1.165) is 5.06 Å². The van der Waals surface area contributed by atoms with E-state index < -0.39 is 11.1 Å². The van der Waals surface area contributed by atoms with Gasteiger partial charge in [0.2, 0.25) is 0 Å². The van der Waals surface area contributed by atoms with E-state index in [1.54, 1.807) is 24.3 Å². The molecule has 1 saturated heterocycles. The van der Waals surface area contributed by atoms with E-state index in [-0.39, 0.29) is 12.2 Å². The number of nitrogens with zero attached hydrogens (tertiary/aromatic N) is 1. The van der Waals surface area contributed by atoms with E-state index in [2.05, 4.69) is 26.3 Å². The molecule has 1 aliphatic rings. The van der Waals surface area contributed by atoms with Gasteiger partial charge in [-0.2, -0.15) is 0 Å². The predicted molar refractivity (Wildman–Crippen MR) is 76.9 cm³/mol. The Labute approximate surface area is 115 Å². The first-order valence-electron chi connectivity index (χ1n) is 6.47. The molecule has 3 nitrogen and oxygen atoms in total. The summed E-state index contributed by atoms with van der Waals surface area (Å²) in [6, 6.07) is 0. The summed E-state index contributed by atoms with van der Waals surface area (Å²) in [5, 5.41) is 13.8. The van der Waals surface area contributed by atoms with Crippen LogP contribution in [0.3, 0.4) is 0 Å². The lowest BCUT2D eigenvalue weighted by molar-refractivity contribution is -0.256. The zero-order chi connectivity index (χ0) is 14.5. The van der Waals surface area contributed by atoms with E-state index in [0.29, 0.717) is 25.7 Å². The maximum absolute atomic E-state index is 12.8. The summed E-state index contributed by atoms with van der Waals surface area (Å²) < 4.78 is 0. The van der Waals surface area contributed by atoms with Crippen molar-refractivity contribution in [3.63, 3.8) is 0 Å². The van der Waals surface area contributed by atoms with E-state index >= 15 is 0 Å². The summed E-state index contributed by atoms with van der Waals surface area (Å²) in [6.45, 7) is 14.7. The molecule has 1 aliphatic heterocycles. The minimum Gasteiger partial charge on any atom is -0.297 e. The average molecular weight is 260 g/mol. The highest BCUT2D eigenvalue weighted by atomic mass is 16.5. The van der Waals surface area contributed by atoms with Gasteiger partial charge in [-0.1, -0.05) is 24.3 Å². The molecule has 0 N–H and O–H groups in total. The summed E-state index contributed by atoms with van der Waals surface area (Å²) in [6.07, 6.45) is 8.52.